The zero-order valence-corrected chi connectivity index (χ0v) is 16.0. The Kier molecular flexibility index (Phi) is 13.5. The van der Waals surface area contributed by atoms with E-state index in [1.165, 1.54) is 6.08 Å². The minimum atomic E-state index is -2.58. The van der Waals surface area contributed by atoms with Crippen LogP contribution in [0.4, 0.5) is 0 Å². The van der Waals surface area contributed by atoms with Gasteiger partial charge in [-0.1, -0.05) is 6.08 Å². The number of aliphatic hydroxyl groups is 1. The van der Waals surface area contributed by atoms with Gasteiger partial charge in [-0.15, -0.1) is 0 Å². The van der Waals surface area contributed by atoms with Crippen molar-refractivity contribution in [3.05, 3.63) is 12.2 Å². The third-order valence-corrected chi connectivity index (χ3v) is 6.25. The van der Waals surface area contributed by atoms with E-state index in [9.17, 15) is 9.90 Å². The summed E-state index contributed by atoms with van der Waals surface area (Å²) in [5.41, 5.74) is 0. The predicted molar refractivity (Wildman–Crippen MR) is 93.4 cm³/mol. The number of carbonyl (C=O) groups is 1. The van der Waals surface area contributed by atoms with Gasteiger partial charge in [-0.05, 0) is 46.7 Å². The first-order chi connectivity index (χ1) is 11.0. The summed E-state index contributed by atoms with van der Waals surface area (Å²) in [5.74, 6) is -0.0581. The van der Waals surface area contributed by atoms with Crippen molar-refractivity contribution in [3.63, 3.8) is 0 Å². The maximum Gasteiger partial charge on any atom is 0.500 e. The van der Waals surface area contributed by atoms with Gasteiger partial charge in [0, 0.05) is 38.8 Å². The molecule has 0 aliphatic rings. The first-order valence-electron chi connectivity index (χ1n) is 8.49. The molecule has 0 aromatic carbocycles. The number of rotatable bonds is 15. The maximum absolute atomic E-state index is 11.4. The van der Waals surface area contributed by atoms with Crippen LogP contribution in [0.15, 0.2) is 12.2 Å². The molecule has 0 aromatic heterocycles. The molecule has 0 spiro atoms. The Labute approximate surface area is 141 Å². The van der Waals surface area contributed by atoms with Crippen molar-refractivity contribution in [1.82, 2.24) is 5.32 Å². The van der Waals surface area contributed by atoms with Crippen LogP contribution in [0.1, 0.15) is 40.5 Å². The molecule has 136 valence electrons. The average molecular weight is 348 g/mol. The van der Waals surface area contributed by atoms with Gasteiger partial charge in [0.1, 0.15) is 0 Å². The fourth-order valence-corrected chi connectivity index (χ4v) is 4.87. The van der Waals surface area contributed by atoms with E-state index < -0.39 is 14.9 Å². The van der Waals surface area contributed by atoms with Gasteiger partial charge in [0.05, 0.1) is 6.10 Å². The highest BCUT2D eigenvalue weighted by molar-refractivity contribution is 6.60. The fourth-order valence-electron chi connectivity index (χ4n) is 2.26. The summed E-state index contributed by atoms with van der Waals surface area (Å²) in [4.78, 5) is 11.4. The van der Waals surface area contributed by atoms with E-state index in [1.54, 1.807) is 13.0 Å². The van der Waals surface area contributed by atoms with Gasteiger partial charge in [0.2, 0.25) is 0 Å². The lowest BCUT2D eigenvalue weighted by molar-refractivity contribution is -0.116. The maximum atomic E-state index is 11.4. The van der Waals surface area contributed by atoms with Crippen LogP contribution in [0.5, 0.6) is 0 Å². The molecule has 0 saturated carbocycles. The van der Waals surface area contributed by atoms with Crippen LogP contribution in [-0.2, 0) is 18.1 Å². The first kappa shape index (κ1) is 22.4. The minimum absolute atomic E-state index is 0.0581. The summed E-state index contributed by atoms with van der Waals surface area (Å²) < 4.78 is 17.3. The quantitative estimate of drug-likeness (QED) is 0.268. The molecule has 6 nitrogen and oxygen atoms in total. The number of hydrogen-bond acceptors (Lipinski definition) is 6. The van der Waals surface area contributed by atoms with Crippen molar-refractivity contribution < 1.29 is 23.2 Å². The SMILES string of the molecule is CC=CC(=O)CC(O)CNCCC[Si](OCC)(OCC)OCC. The van der Waals surface area contributed by atoms with E-state index >= 15 is 0 Å². The predicted octanol–water partition coefficient (Wildman–Crippen LogP) is 1.91. The van der Waals surface area contributed by atoms with Crippen molar-refractivity contribution >= 4 is 14.6 Å². The molecule has 0 aromatic rings. The molecule has 1 atom stereocenters. The van der Waals surface area contributed by atoms with Gasteiger partial charge in [-0.2, -0.15) is 0 Å². The van der Waals surface area contributed by atoms with E-state index in [1.807, 2.05) is 20.8 Å². The number of nitrogens with one attached hydrogen (secondary N) is 1. The lowest BCUT2D eigenvalue weighted by Gasteiger charge is -2.28. The second-order valence-electron chi connectivity index (χ2n) is 5.11. The molecule has 0 aliphatic carbocycles. The highest BCUT2D eigenvalue weighted by Crippen LogP contribution is 2.17. The number of hydrogen-bond donors (Lipinski definition) is 2. The first-order valence-corrected chi connectivity index (χ1v) is 10.4. The molecule has 7 heteroatoms. The Bertz CT molecular complexity index is 321. The van der Waals surface area contributed by atoms with E-state index in [-0.39, 0.29) is 12.2 Å². The molecule has 0 aliphatic heterocycles. The lowest BCUT2D eigenvalue weighted by atomic mass is 10.1. The van der Waals surface area contributed by atoms with Crippen LogP contribution in [0.3, 0.4) is 0 Å². The van der Waals surface area contributed by atoms with E-state index in [2.05, 4.69) is 5.32 Å². The van der Waals surface area contributed by atoms with Gasteiger partial charge in [-0.25, -0.2) is 0 Å². The molecular weight excluding hydrogens is 314 g/mol. The number of ketones is 1. The van der Waals surface area contributed by atoms with Crippen molar-refractivity contribution in [1.29, 1.82) is 0 Å². The summed E-state index contributed by atoms with van der Waals surface area (Å²) >= 11 is 0. The monoisotopic (exact) mass is 347 g/mol. The minimum Gasteiger partial charge on any atom is -0.391 e. The van der Waals surface area contributed by atoms with E-state index in [0.717, 1.165) is 19.0 Å². The van der Waals surface area contributed by atoms with E-state index in [0.29, 0.717) is 26.4 Å². The fraction of sp³-hybridized carbons (Fsp3) is 0.812. The Balaban J connectivity index is 4.07. The van der Waals surface area contributed by atoms with Gasteiger partial charge in [0.15, 0.2) is 5.78 Å². The Morgan fingerprint density at radius 2 is 1.74 bits per heavy atom. The third-order valence-electron chi connectivity index (χ3n) is 3.10. The lowest BCUT2D eigenvalue weighted by Crippen LogP contribution is -2.46. The summed E-state index contributed by atoms with van der Waals surface area (Å²) in [7, 11) is -2.58. The summed E-state index contributed by atoms with van der Waals surface area (Å²) in [6.45, 7) is 10.4. The molecular formula is C16H33NO5Si. The van der Waals surface area contributed by atoms with Crippen molar-refractivity contribution in [3.8, 4) is 0 Å². The van der Waals surface area contributed by atoms with Crippen LogP contribution in [0.2, 0.25) is 6.04 Å². The molecule has 0 fully saturated rings. The van der Waals surface area contributed by atoms with Crippen LogP contribution in [0, 0.1) is 0 Å². The van der Waals surface area contributed by atoms with Crippen molar-refractivity contribution in [2.24, 2.45) is 0 Å². The summed E-state index contributed by atoms with van der Waals surface area (Å²) in [6, 6.07) is 0.739. The molecule has 2 N–H and O–H groups in total. The molecule has 0 saturated heterocycles. The Morgan fingerprint density at radius 1 is 1.17 bits per heavy atom. The van der Waals surface area contributed by atoms with Gasteiger partial charge < -0.3 is 23.7 Å². The largest absolute Gasteiger partial charge is 0.500 e. The molecule has 0 heterocycles. The van der Waals surface area contributed by atoms with E-state index in [4.69, 9.17) is 13.3 Å². The third kappa shape index (κ3) is 10.8. The van der Waals surface area contributed by atoms with Crippen LogP contribution in [-0.4, -0.2) is 58.7 Å². The topological polar surface area (TPSA) is 77.0 Å². The Hall–Kier alpha value is -0.573. The average Bonchev–Trinajstić information content (AvgIpc) is 2.48. The van der Waals surface area contributed by atoms with Crippen LogP contribution < -0.4 is 5.32 Å². The molecule has 0 rings (SSSR count). The summed E-state index contributed by atoms with van der Waals surface area (Å²) in [6.07, 6.45) is 3.48. The van der Waals surface area contributed by atoms with Crippen LogP contribution >= 0.6 is 0 Å². The molecule has 0 bridgehead atoms. The molecule has 23 heavy (non-hydrogen) atoms. The van der Waals surface area contributed by atoms with Gasteiger partial charge >= 0.3 is 8.80 Å². The number of carbonyl (C=O) groups excluding carboxylic acids is 1. The smallest absolute Gasteiger partial charge is 0.391 e. The summed E-state index contributed by atoms with van der Waals surface area (Å²) in [5, 5.41) is 12.9. The van der Waals surface area contributed by atoms with Crippen molar-refractivity contribution in [2.75, 3.05) is 32.9 Å². The van der Waals surface area contributed by atoms with Crippen LogP contribution in [0.25, 0.3) is 0 Å². The molecule has 0 radical (unpaired) electrons. The molecule has 0 amide bonds. The zero-order chi connectivity index (χ0) is 17.6. The highest BCUT2D eigenvalue weighted by Gasteiger charge is 2.39. The zero-order valence-electron chi connectivity index (χ0n) is 15.0. The standard InChI is InChI=1S/C16H33NO5Si/c1-5-10-15(18)13-16(19)14-17-11-9-12-23(20-6-2,21-7-3)22-8-4/h5,10,16-17,19H,6-9,11-14H2,1-4H3. The Morgan fingerprint density at radius 3 is 2.22 bits per heavy atom. The number of allylic oxidation sites excluding steroid dienone is 2. The molecule has 1 unspecified atom stereocenters. The van der Waals surface area contributed by atoms with Crippen molar-refractivity contribution in [2.45, 2.75) is 52.7 Å². The van der Waals surface area contributed by atoms with Gasteiger partial charge in [0.25, 0.3) is 0 Å². The number of aliphatic hydroxyl groups excluding tert-OH is 1. The van der Waals surface area contributed by atoms with Gasteiger partial charge in [-0.3, -0.25) is 4.79 Å². The highest BCUT2D eigenvalue weighted by atomic mass is 28.4. The normalized spacial score (nSPS) is 13.6. The second-order valence-corrected chi connectivity index (χ2v) is 7.85. The second kappa shape index (κ2) is 13.8.